The Kier molecular flexibility index (Phi) is 2.58. The van der Waals surface area contributed by atoms with Gasteiger partial charge in [-0.25, -0.2) is 0 Å². The number of benzene rings is 1. The molecule has 0 aliphatic heterocycles. The average molecular weight is 202 g/mol. The molecule has 0 amide bonds. The number of allylic oxidation sites excluding steroid dienone is 2. The first-order valence-corrected chi connectivity index (χ1v) is 5.05. The molecule has 1 aromatic rings. The summed E-state index contributed by atoms with van der Waals surface area (Å²) >= 11 is 0. The molecule has 0 radical (unpaired) electrons. The van der Waals surface area contributed by atoms with Crippen molar-refractivity contribution < 1.29 is 9.53 Å². The summed E-state index contributed by atoms with van der Waals surface area (Å²) in [5.74, 6) is 1.35. The normalized spacial score (nSPS) is 20.3. The summed E-state index contributed by atoms with van der Waals surface area (Å²) in [6.45, 7) is 2.01. The van der Waals surface area contributed by atoms with Crippen LogP contribution in [-0.2, 0) is 4.79 Å². The van der Waals surface area contributed by atoms with Crippen molar-refractivity contribution in [3.63, 3.8) is 0 Å². The van der Waals surface area contributed by atoms with Gasteiger partial charge in [-0.1, -0.05) is 17.7 Å². The Hall–Kier alpha value is -1.57. The maximum absolute atomic E-state index is 11.3. The van der Waals surface area contributed by atoms with Crippen LogP contribution < -0.4 is 4.74 Å². The van der Waals surface area contributed by atoms with Gasteiger partial charge in [0.2, 0.25) is 0 Å². The van der Waals surface area contributed by atoms with Crippen molar-refractivity contribution in [1.82, 2.24) is 0 Å². The highest BCUT2D eigenvalue weighted by Gasteiger charge is 2.22. The van der Waals surface area contributed by atoms with Crippen LogP contribution in [0.3, 0.4) is 0 Å². The molecule has 0 fully saturated rings. The molecule has 1 aliphatic rings. The third-order valence-electron chi connectivity index (χ3n) is 2.86. The van der Waals surface area contributed by atoms with Gasteiger partial charge in [0, 0.05) is 12.3 Å². The summed E-state index contributed by atoms with van der Waals surface area (Å²) in [5, 5.41) is 0. The Morgan fingerprint density at radius 2 is 1.93 bits per heavy atom. The van der Waals surface area contributed by atoms with Gasteiger partial charge < -0.3 is 4.74 Å². The van der Waals surface area contributed by atoms with Crippen LogP contribution in [0.2, 0.25) is 0 Å². The van der Waals surface area contributed by atoms with E-state index in [0.717, 1.165) is 11.3 Å². The zero-order chi connectivity index (χ0) is 10.8. The molecule has 0 spiro atoms. The highest BCUT2D eigenvalue weighted by Crippen LogP contribution is 2.33. The summed E-state index contributed by atoms with van der Waals surface area (Å²) in [7, 11) is 1.65. The number of methoxy groups -OCH3 is 1. The molecule has 0 heterocycles. The van der Waals surface area contributed by atoms with Gasteiger partial charge in [0.15, 0.2) is 5.78 Å². The highest BCUT2D eigenvalue weighted by molar-refractivity contribution is 5.94. The SMILES string of the molecule is COc1ccc(C2CC(=O)C=C2C)cc1. The van der Waals surface area contributed by atoms with E-state index < -0.39 is 0 Å². The second-order valence-corrected chi connectivity index (χ2v) is 3.88. The monoisotopic (exact) mass is 202 g/mol. The molecule has 2 rings (SSSR count). The third kappa shape index (κ3) is 1.94. The van der Waals surface area contributed by atoms with E-state index in [0.29, 0.717) is 6.42 Å². The van der Waals surface area contributed by atoms with Crippen molar-refractivity contribution in [2.75, 3.05) is 7.11 Å². The van der Waals surface area contributed by atoms with Crippen LogP contribution in [0.25, 0.3) is 0 Å². The number of hydrogen-bond acceptors (Lipinski definition) is 2. The van der Waals surface area contributed by atoms with Crippen LogP contribution in [0, 0.1) is 0 Å². The molecule has 1 aromatic carbocycles. The molecular weight excluding hydrogens is 188 g/mol. The fourth-order valence-electron chi connectivity index (χ4n) is 1.99. The first kappa shape index (κ1) is 9.97. The molecule has 2 heteroatoms. The smallest absolute Gasteiger partial charge is 0.156 e. The zero-order valence-electron chi connectivity index (χ0n) is 8.99. The summed E-state index contributed by atoms with van der Waals surface area (Å²) in [6.07, 6.45) is 2.35. The Morgan fingerprint density at radius 1 is 1.27 bits per heavy atom. The van der Waals surface area contributed by atoms with Crippen LogP contribution in [0.5, 0.6) is 5.75 Å². The largest absolute Gasteiger partial charge is 0.497 e. The van der Waals surface area contributed by atoms with E-state index in [1.807, 2.05) is 31.2 Å². The number of ketones is 1. The standard InChI is InChI=1S/C13H14O2/c1-9-7-11(14)8-13(9)10-3-5-12(15-2)6-4-10/h3-7,13H,8H2,1-2H3. The molecular formula is C13H14O2. The van der Waals surface area contributed by atoms with Crippen molar-refractivity contribution in [2.24, 2.45) is 0 Å². The lowest BCUT2D eigenvalue weighted by Crippen LogP contribution is -1.97. The van der Waals surface area contributed by atoms with E-state index in [-0.39, 0.29) is 11.7 Å². The van der Waals surface area contributed by atoms with Crippen molar-refractivity contribution in [1.29, 1.82) is 0 Å². The molecule has 2 nitrogen and oxygen atoms in total. The predicted octanol–water partition coefficient (Wildman–Crippen LogP) is 2.70. The van der Waals surface area contributed by atoms with E-state index in [1.165, 1.54) is 5.56 Å². The Bertz CT molecular complexity index is 401. The maximum atomic E-state index is 11.3. The van der Waals surface area contributed by atoms with Crippen LogP contribution in [-0.4, -0.2) is 12.9 Å². The lowest BCUT2D eigenvalue weighted by Gasteiger charge is -2.11. The minimum absolute atomic E-state index is 0.230. The fraction of sp³-hybridized carbons (Fsp3) is 0.308. The van der Waals surface area contributed by atoms with Gasteiger partial charge >= 0.3 is 0 Å². The lowest BCUT2D eigenvalue weighted by atomic mass is 9.93. The summed E-state index contributed by atoms with van der Waals surface area (Å²) in [4.78, 5) is 11.3. The van der Waals surface area contributed by atoms with Gasteiger partial charge in [-0.3, -0.25) is 4.79 Å². The van der Waals surface area contributed by atoms with Gasteiger partial charge in [-0.15, -0.1) is 0 Å². The summed E-state index contributed by atoms with van der Waals surface area (Å²) in [6, 6.07) is 7.93. The van der Waals surface area contributed by atoms with E-state index in [1.54, 1.807) is 13.2 Å². The van der Waals surface area contributed by atoms with Crippen molar-refractivity contribution in [3.05, 3.63) is 41.5 Å². The molecule has 1 atom stereocenters. The number of ether oxygens (including phenoxy) is 1. The van der Waals surface area contributed by atoms with Crippen LogP contribution >= 0.6 is 0 Å². The van der Waals surface area contributed by atoms with Crippen molar-refractivity contribution in [2.45, 2.75) is 19.3 Å². The first-order valence-electron chi connectivity index (χ1n) is 5.05. The van der Waals surface area contributed by atoms with Gasteiger partial charge in [0.1, 0.15) is 5.75 Å². The topological polar surface area (TPSA) is 26.3 Å². The first-order chi connectivity index (χ1) is 7.20. The van der Waals surface area contributed by atoms with Gasteiger partial charge in [-0.05, 0) is 30.7 Å². The molecule has 0 saturated heterocycles. The molecule has 1 unspecified atom stereocenters. The van der Waals surface area contributed by atoms with E-state index in [2.05, 4.69) is 0 Å². The van der Waals surface area contributed by atoms with Gasteiger partial charge in [-0.2, -0.15) is 0 Å². The second-order valence-electron chi connectivity index (χ2n) is 3.88. The van der Waals surface area contributed by atoms with Crippen LogP contribution in [0.4, 0.5) is 0 Å². The number of rotatable bonds is 2. The number of hydrogen-bond donors (Lipinski definition) is 0. The second kappa shape index (κ2) is 3.89. The quantitative estimate of drug-likeness (QED) is 0.737. The molecule has 0 bridgehead atoms. The molecule has 0 saturated carbocycles. The maximum Gasteiger partial charge on any atom is 0.156 e. The third-order valence-corrected chi connectivity index (χ3v) is 2.86. The van der Waals surface area contributed by atoms with Gasteiger partial charge in [0.25, 0.3) is 0 Å². The van der Waals surface area contributed by atoms with E-state index >= 15 is 0 Å². The van der Waals surface area contributed by atoms with Crippen LogP contribution in [0.15, 0.2) is 35.9 Å². The van der Waals surface area contributed by atoms with Crippen molar-refractivity contribution >= 4 is 5.78 Å². The summed E-state index contributed by atoms with van der Waals surface area (Å²) in [5.41, 5.74) is 2.35. The Labute approximate surface area is 89.6 Å². The molecule has 15 heavy (non-hydrogen) atoms. The lowest BCUT2D eigenvalue weighted by molar-refractivity contribution is -0.114. The predicted molar refractivity (Wildman–Crippen MR) is 59.1 cm³/mol. The molecule has 0 aromatic heterocycles. The van der Waals surface area contributed by atoms with Gasteiger partial charge in [0.05, 0.1) is 7.11 Å². The van der Waals surface area contributed by atoms with E-state index in [9.17, 15) is 4.79 Å². The minimum atomic E-state index is 0.230. The number of carbonyl (C=O) groups excluding carboxylic acids is 1. The average Bonchev–Trinajstić information content (AvgIpc) is 2.58. The minimum Gasteiger partial charge on any atom is -0.497 e. The summed E-state index contributed by atoms with van der Waals surface area (Å²) < 4.78 is 5.10. The van der Waals surface area contributed by atoms with E-state index in [4.69, 9.17) is 4.74 Å². The molecule has 78 valence electrons. The Balaban J connectivity index is 2.24. The number of carbonyl (C=O) groups is 1. The van der Waals surface area contributed by atoms with Crippen LogP contribution in [0.1, 0.15) is 24.8 Å². The zero-order valence-corrected chi connectivity index (χ0v) is 8.99. The Morgan fingerprint density at radius 3 is 2.40 bits per heavy atom. The molecule has 1 aliphatic carbocycles. The highest BCUT2D eigenvalue weighted by atomic mass is 16.5. The fourth-order valence-corrected chi connectivity index (χ4v) is 1.99. The molecule has 0 N–H and O–H groups in total. The van der Waals surface area contributed by atoms with Crippen molar-refractivity contribution in [3.8, 4) is 5.75 Å².